The minimum absolute atomic E-state index is 0.173. The van der Waals surface area contributed by atoms with Crippen molar-refractivity contribution in [1.82, 2.24) is 4.40 Å². The minimum atomic E-state index is -0.173. The number of para-hydroxylation sites is 1. The Bertz CT molecular complexity index is 2760. The monoisotopic (exact) mass is 735 g/mol. The van der Waals surface area contributed by atoms with Crippen molar-refractivity contribution < 1.29 is 9.13 Å². The molecule has 3 aromatic heterocycles. The first-order chi connectivity index (χ1) is 27.4. The molecule has 0 amide bonds. The fourth-order valence-corrected chi connectivity index (χ4v) is 12.8. The summed E-state index contributed by atoms with van der Waals surface area (Å²) in [6.07, 6.45) is 17.6. The van der Waals surface area contributed by atoms with Crippen LogP contribution in [0.4, 0.5) is 0 Å². The molecular formula is C53H57N3+2. The van der Waals surface area contributed by atoms with Crippen molar-refractivity contribution in [1.29, 1.82) is 0 Å². The van der Waals surface area contributed by atoms with E-state index in [2.05, 4.69) is 145 Å². The lowest BCUT2D eigenvalue weighted by Crippen LogP contribution is -2.59. The average Bonchev–Trinajstić information content (AvgIpc) is 3.34. The molecule has 2 atom stereocenters. The Balaban J connectivity index is 1.26. The van der Waals surface area contributed by atoms with Gasteiger partial charge >= 0.3 is 0 Å². The number of pyridine rings is 2. The molecule has 3 nitrogen and oxygen atoms in total. The highest BCUT2D eigenvalue weighted by atomic mass is 15.1. The van der Waals surface area contributed by atoms with Gasteiger partial charge in [0.15, 0.2) is 22.8 Å². The van der Waals surface area contributed by atoms with Gasteiger partial charge in [-0.15, -0.1) is 0 Å². The first-order valence-corrected chi connectivity index (χ1v) is 22.1. The Hall–Kier alpha value is -4.76. The molecule has 2 unspecified atom stereocenters. The van der Waals surface area contributed by atoms with Crippen LogP contribution in [0.25, 0.3) is 55.7 Å². The highest BCUT2D eigenvalue weighted by Crippen LogP contribution is 2.57. The molecule has 56 heavy (non-hydrogen) atoms. The van der Waals surface area contributed by atoms with E-state index in [0.29, 0.717) is 11.8 Å². The van der Waals surface area contributed by atoms with Crippen LogP contribution >= 0.6 is 0 Å². The van der Waals surface area contributed by atoms with Gasteiger partial charge in [-0.2, -0.15) is 8.97 Å². The maximum absolute atomic E-state index is 2.80. The molecule has 0 saturated heterocycles. The molecule has 4 aliphatic carbocycles. The van der Waals surface area contributed by atoms with Crippen molar-refractivity contribution in [3.63, 3.8) is 0 Å². The maximum atomic E-state index is 2.80. The van der Waals surface area contributed by atoms with E-state index in [4.69, 9.17) is 0 Å². The van der Waals surface area contributed by atoms with Gasteiger partial charge in [-0.05, 0) is 146 Å². The first kappa shape index (κ1) is 34.5. The van der Waals surface area contributed by atoms with Crippen LogP contribution in [0.2, 0.25) is 0 Å². The van der Waals surface area contributed by atoms with Crippen LogP contribution in [0.1, 0.15) is 124 Å². The van der Waals surface area contributed by atoms with Gasteiger partial charge in [0.05, 0.1) is 10.9 Å². The smallest absolute Gasteiger partial charge is 0.218 e. The van der Waals surface area contributed by atoms with E-state index < -0.39 is 0 Å². The van der Waals surface area contributed by atoms with Crippen molar-refractivity contribution >= 4 is 44.4 Å². The number of imidazole rings is 1. The third-order valence-electron chi connectivity index (χ3n) is 15.4. The van der Waals surface area contributed by atoms with Gasteiger partial charge in [-0.25, -0.2) is 4.57 Å². The van der Waals surface area contributed by atoms with Crippen LogP contribution < -0.4 is 9.13 Å². The number of unbranched alkanes of at least 4 members (excludes halogenated alkanes) is 1. The molecule has 7 aromatic rings. The number of allylic oxidation sites excluding steroid dienone is 1. The molecule has 0 radical (unpaired) electrons. The van der Waals surface area contributed by atoms with E-state index in [1.165, 1.54) is 122 Å². The highest BCUT2D eigenvalue weighted by Gasteiger charge is 2.47. The summed E-state index contributed by atoms with van der Waals surface area (Å²) in [6.45, 7) is 12.7. The van der Waals surface area contributed by atoms with Crippen LogP contribution in [0.3, 0.4) is 0 Å². The summed E-state index contributed by atoms with van der Waals surface area (Å²) in [5.74, 6) is 3.19. The molecule has 282 valence electrons. The Morgan fingerprint density at radius 1 is 0.732 bits per heavy atom. The molecule has 0 N–H and O–H groups in total. The standard InChI is InChI=1S/C53H57N3/c1-6-9-16-35-20-21-42-40(24-35)29-41(53(7-2,8-3)55-22-11-10-19-47(42)55)32-54-48-30-45-38-25-36-23-37(26-38)28-39(27-36)46(45)31-49(48)56-51-34(5)15-13-18-44(51)43-17-12-14-33(4)50(43)52(54)56/h10-15,17-22,24,29-31,36-39H,6-9,16,23,25-28,32H2,1-5H3/q+2. The predicted octanol–water partition coefficient (Wildman–Crippen LogP) is 12.6. The summed E-state index contributed by atoms with van der Waals surface area (Å²) in [4.78, 5) is 0. The number of benzene rings is 4. The van der Waals surface area contributed by atoms with Gasteiger partial charge in [0.1, 0.15) is 12.1 Å². The van der Waals surface area contributed by atoms with Gasteiger partial charge < -0.3 is 0 Å². The summed E-state index contributed by atoms with van der Waals surface area (Å²) < 4.78 is 8.18. The molecule has 0 spiro atoms. The van der Waals surface area contributed by atoms with E-state index in [9.17, 15) is 0 Å². The molecule has 3 heteroatoms. The van der Waals surface area contributed by atoms with E-state index in [1.54, 1.807) is 11.1 Å². The molecule has 12 rings (SSSR count). The van der Waals surface area contributed by atoms with Gasteiger partial charge in [0, 0.05) is 41.3 Å². The second kappa shape index (κ2) is 12.9. The highest BCUT2D eigenvalue weighted by molar-refractivity contribution is 6.14. The molecule has 5 aliphatic rings. The number of nitrogens with zero attached hydrogens (tertiary/aromatic N) is 3. The molecule has 2 fully saturated rings. The number of hydrogen-bond donors (Lipinski definition) is 0. The number of aryl methyl sites for hydroxylation is 3. The number of aromatic nitrogens is 3. The minimum Gasteiger partial charge on any atom is -0.218 e. The van der Waals surface area contributed by atoms with Crippen molar-refractivity contribution in [2.45, 2.75) is 123 Å². The van der Waals surface area contributed by atoms with Crippen molar-refractivity contribution in [3.8, 4) is 11.3 Å². The normalized spacial score (nSPS) is 22.0. The summed E-state index contributed by atoms with van der Waals surface area (Å²) in [6, 6.07) is 33.6. The Labute approximate surface area is 332 Å². The zero-order chi connectivity index (χ0) is 37.9. The lowest BCUT2D eigenvalue weighted by Gasteiger charge is -2.38. The molecule has 4 aromatic carbocycles. The lowest BCUT2D eigenvalue weighted by atomic mass is 9.67. The molecule has 4 bridgehead atoms. The fraction of sp³-hybridized carbons (Fsp3) is 0.396. The summed E-state index contributed by atoms with van der Waals surface area (Å²) >= 11 is 0. The van der Waals surface area contributed by atoms with Crippen LogP contribution in [0.5, 0.6) is 0 Å². The zero-order valence-electron chi connectivity index (χ0n) is 34.2. The average molecular weight is 736 g/mol. The van der Waals surface area contributed by atoms with Crippen molar-refractivity contribution in [2.24, 2.45) is 11.8 Å². The van der Waals surface area contributed by atoms with Crippen LogP contribution in [0, 0.1) is 25.7 Å². The van der Waals surface area contributed by atoms with Crippen LogP contribution in [0.15, 0.2) is 96.7 Å². The van der Waals surface area contributed by atoms with Gasteiger partial charge in [0.2, 0.25) is 5.69 Å². The number of rotatable bonds is 7. The fourth-order valence-electron chi connectivity index (χ4n) is 12.8. The SMILES string of the molecule is CCCCc1ccc2c(c1)C=C(C[n+]1c3cc4c(cc3n3c5c(C)cccc5c5cccc(C)c5c31)C1CC3CC(C1)CC4C3)C(CC)(CC)[n+]1ccccc1-2. The molecule has 4 heterocycles. The largest absolute Gasteiger partial charge is 0.296 e. The lowest BCUT2D eigenvalue weighted by molar-refractivity contribution is -0.752. The van der Waals surface area contributed by atoms with Crippen molar-refractivity contribution in [3.05, 3.63) is 130 Å². The van der Waals surface area contributed by atoms with Crippen LogP contribution in [-0.4, -0.2) is 4.40 Å². The Morgan fingerprint density at radius 2 is 1.46 bits per heavy atom. The summed E-state index contributed by atoms with van der Waals surface area (Å²) in [5.41, 5.74) is 18.4. The van der Waals surface area contributed by atoms with Gasteiger partial charge in [0.25, 0.3) is 5.65 Å². The molecule has 2 saturated carbocycles. The zero-order valence-corrected chi connectivity index (χ0v) is 34.2. The van der Waals surface area contributed by atoms with E-state index in [-0.39, 0.29) is 5.54 Å². The molecular weight excluding hydrogens is 679 g/mol. The first-order valence-electron chi connectivity index (χ1n) is 22.1. The Kier molecular flexibility index (Phi) is 7.93. The summed E-state index contributed by atoms with van der Waals surface area (Å²) in [5, 5.41) is 4.11. The van der Waals surface area contributed by atoms with E-state index >= 15 is 0 Å². The predicted molar refractivity (Wildman–Crippen MR) is 232 cm³/mol. The van der Waals surface area contributed by atoms with Gasteiger partial charge in [-0.1, -0.05) is 75.7 Å². The quantitative estimate of drug-likeness (QED) is 0.114. The second-order valence-corrected chi connectivity index (χ2v) is 18.4. The molecule has 1 aliphatic heterocycles. The number of fused-ring (bicyclic) bond motifs is 11. The van der Waals surface area contributed by atoms with Crippen molar-refractivity contribution in [2.75, 3.05) is 0 Å². The van der Waals surface area contributed by atoms with Crippen LogP contribution in [-0.2, 0) is 18.5 Å². The second-order valence-electron chi connectivity index (χ2n) is 18.4. The number of hydrogen-bond acceptors (Lipinski definition) is 0. The topological polar surface area (TPSA) is 12.2 Å². The van der Waals surface area contributed by atoms with Gasteiger partial charge in [-0.3, -0.25) is 0 Å². The third kappa shape index (κ3) is 4.88. The summed E-state index contributed by atoms with van der Waals surface area (Å²) in [7, 11) is 0. The Morgan fingerprint density at radius 3 is 2.21 bits per heavy atom. The maximum Gasteiger partial charge on any atom is 0.296 e. The third-order valence-corrected chi connectivity index (χ3v) is 15.4. The van der Waals surface area contributed by atoms with E-state index in [1.807, 2.05) is 0 Å². The van der Waals surface area contributed by atoms with E-state index in [0.717, 1.165) is 37.6 Å².